The van der Waals surface area contributed by atoms with E-state index < -0.39 is 0 Å². The highest BCUT2D eigenvalue weighted by Crippen LogP contribution is 2.23. The molecular weight excluding hydrogens is 298 g/mol. The summed E-state index contributed by atoms with van der Waals surface area (Å²) >= 11 is 5.24. The highest BCUT2D eigenvalue weighted by Gasteiger charge is 2.19. The summed E-state index contributed by atoms with van der Waals surface area (Å²) in [6, 6.07) is 6.01. The Morgan fingerprint density at radius 3 is 2.76 bits per heavy atom. The van der Waals surface area contributed by atoms with E-state index in [0.29, 0.717) is 0 Å². The predicted octanol–water partition coefficient (Wildman–Crippen LogP) is 3.58. The normalized spacial score (nSPS) is 12.3. The molecule has 0 bridgehead atoms. The van der Waals surface area contributed by atoms with Gasteiger partial charge in [0, 0.05) is 23.3 Å². The highest BCUT2D eigenvalue weighted by atomic mass is 79.9. The Bertz CT molecular complexity index is 408. The Morgan fingerprint density at radius 1 is 1.53 bits per heavy atom. The van der Waals surface area contributed by atoms with Crippen LogP contribution in [0.3, 0.4) is 0 Å². The van der Waals surface area contributed by atoms with Crippen LogP contribution < -0.4 is 0 Å². The molecule has 0 heterocycles. The van der Waals surface area contributed by atoms with Crippen molar-refractivity contribution in [3.63, 3.8) is 0 Å². The zero-order valence-electron chi connectivity index (χ0n) is 10.7. The lowest BCUT2D eigenvalue weighted by Gasteiger charge is -2.25. The molecule has 0 radical (unpaired) electrons. The molecule has 2 nitrogen and oxygen atoms in total. The van der Waals surface area contributed by atoms with E-state index in [-0.39, 0.29) is 11.9 Å². The van der Waals surface area contributed by atoms with Crippen molar-refractivity contribution in [3.05, 3.63) is 33.8 Å². The first-order valence-electron chi connectivity index (χ1n) is 5.50. The molecule has 0 spiro atoms. The number of halogens is 1. The van der Waals surface area contributed by atoms with Gasteiger partial charge in [0.2, 0.25) is 0 Å². The third-order valence-corrected chi connectivity index (χ3v) is 4.68. The standard InChI is InChI=1S/C13H18BrNOS/c1-9-6-5-7-11(12(9)14)13(16)15(3)10(2)8-17-4/h5-7,10H,8H2,1-4H3. The van der Waals surface area contributed by atoms with E-state index in [4.69, 9.17) is 0 Å². The molecule has 0 aliphatic carbocycles. The van der Waals surface area contributed by atoms with Crippen LogP contribution in [0.15, 0.2) is 22.7 Å². The molecule has 1 aromatic rings. The number of carbonyl (C=O) groups excluding carboxylic acids is 1. The fraction of sp³-hybridized carbons (Fsp3) is 0.462. The van der Waals surface area contributed by atoms with Gasteiger partial charge in [-0.1, -0.05) is 12.1 Å². The number of hydrogen-bond acceptors (Lipinski definition) is 2. The summed E-state index contributed by atoms with van der Waals surface area (Å²) in [6.45, 7) is 4.06. The molecular formula is C13H18BrNOS. The van der Waals surface area contributed by atoms with Crippen LogP contribution >= 0.6 is 27.7 Å². The van der Waals surface area contributed by atoms with Gasteiger partial charge in [-0.15, -0.1) is 0 Å². The molecule has 0 N–H and O–H groups in total. The van der Waals surface area contributed by atoms with Gasteiger partial charge in [-0.3, -0.25) is 4.79 Å². The maximum atomic E-state index is 12.3. The Morgan fingerprint density at radius 2 is 2.18 bits per heavy atom. The summed E-state index contributed by atoms with van der Waals surface area (Å²) in [7, 11) is 1.86. The first kappa shape index (κ1) is 14.6. The number of carbonyl (C=O) groups is 1. The Balaban J connectivity index is 2.93. The van der Waals surface area contributed by atoms with Crippen LogP contribution in [-0.2, 0) is 0 Å². The van der Waals surface area contributed by atoms with Crippen molar-refractivity contribution in [1.82, 2.24) is 4.90 Å². The SMILES string of the molecule is CSCC(C)N(C)C(=O)c1cccc(C)c1Br. The van der Waals surface area contributed by atoms with Crippen molar-refractivity contribution in [2.75, 3.05) is 19.1 Å². The van der Waals surface area contributed by atoms with E-state index in [1.165, 1.54) is 0 Å². The summed E-state index contributed by atoms with van der Waals surface area (Å²) < 4.78 is 0.896. The van der Waals surface area contributed by atoms with Crippen LogP contribution in [0.4, 0.5) is 0 Å². The van der Waals surface area contributed by atoms with Crippen molar-refractivity contribution in [2.24, 2.45) is 0 Å². The second-order valence-corrected chi connectivity index (χ2v) is 5.86. The number of amides is 1. The highest BCUT2D eigenvalue weighted by molar-refractivity contribution is 9.10. The minimum atomic E-state index is 0.0714. The fourth-order valence-corrected chi connectivity index (χ4v) is 2.70. The zero-order chi connectivity index (χ0) is 13.0. The minimum Gasteiger partial charge on any atom is -0.338 e. The van der Waals surface area contributed by atoms with Crippen LogP contribution in [0.1, 0.15) is 22.8 Å². The van der Waals surface area contributed by atoms with Gasteiger partial charge < -0.3 is 4.90 Å². The first-order chi connectivity index (χ1) is 7.99. The molecule has 1 amide bonds. The second kappa shape index (κ2) is 6.45. The molecule has 0 saturated carbocycles. The van der Waals surface area contributed by atoms with E-state index in [1.54, 1.807) is 16.7 Å². The van der Waals surface area contributed by atoms with Gasteiger partial charge in [-0.2, -0.15) is 11.8 Å². The average molecular weight is 316 g/mol. The molecule has 1 atom stereocenters. The van der Waals surface area contributed by atoms with Gasteiger partial charge >= 0.3 is 0 Å². The number of rotatable bonds is 4. The van der Waals surface area contributed by atoms with E-state index >= 15 is 0 Å². The molecule has 0 aliphatic heterocycles. The van der Waals surface area contributed by atoms with Crippen LogP contribution in [0.5, 0.6) is 0 Å². The Kier molecular flexibility index (Phi) is 5.53. The third-order valence-electron chi connectivity index (χ3n) is 2.81. The van der Waals surface area contributed by atoms with Crippen LogP contribution in [0.2, 0.25) is 0 Å². The van der Waals surface area contributed by atoms with Gasteiger partial charge in [0.25, 0.3) is 5.91 Å². The van der Waals surface area contributed by atoms with Crippen molar-refractivity contribution < 1.29 is 4.79 Å². The smallest absolute Gasteiger partial charge is 0.255 e. The van der Waals surface area contributed by atoms with Gasteiger partial charge in [-0.25, -0.2) is 0 Å². The van der Waals surface area contributed by atoms with Crippen molar-refractivity contribution in [2.45, 2.75) is 19.9 Å². The van der Waals surface area contributed by atoms with Gasteiger partial charge in [0.05, 0.1) is 5.56 Å². The number of thioether (sulfide) groups is 1. The zero-order valence-corrected chi connectivity index (χ0v) is 13.1. The van der Waals surface area contributed by atoms with E-state index in [1.807, 2.05) is 32.2 Å². The number of aryl methyl sites for hydroxylation is 1. The van der Waals surface area contributed by atoms with Crippen molar-refractivity contribution in [3.8, 4) is 0 Å². The van der Waals surface area contributed by atoms with Crippen molar-refractivity contribution in [1.29, 1.82) is 0 Å². The molecule has 0 saturated heterocycles. The van der Waals surface area contributed by atoms with E-state index in [0.717, 1.165) is 21.4 Å². The third kappa shape index (κ3) is 3.49. The maximum absolute atomic E-state index is 12.3. The van der Waals surface area contributed by atoms with Crippen LogP contribution in [0, 0.1) is 6.92 Å². The van der Waals surface area contributed by atoms with E-state index in [9.17, 15) is 4.79 Å². The maximum Gasteiger partial charge on any atom is 0.255 e. The molecule has 17 heavy (non-hydrogen) atoms. The monoisotopic (exact) mass is 315 g/mol. The number of nitrogens with zero attached hydrogens (tertiary/aromatic N) is 1. The number of hydrogen-bond donors (Lipinski definition) is 0. The quantitative estimate of drug-likeness (QED) is 0.846. The minimum absolute atomic E-state index is 0.0714. The lowest BCUT2D eigenvalue weighted by Crippen LogP contribution is -2.36. The van der Waals surface area contributed by atoms with E-state index in [2.05, 4.69) is 29.1 Å². The lowest BCUT2D eigenvalue weighted by molar-refractivity contribution is 0.0756. The fourth-order valence-electron chi connectivity index (χ4n) is 1.56. The Hall–Kier alpha value is -0.480. The summed E-state index contributed by atoms with van der Waals surface area (Å²) in [6.07, 6.45) is 2.05. The number of benzene rings is 1. The molecule has 1 aromatic carbocycles. The van der Waals surface area contributed by atoms with Gasteiger partial charge in [0.1, 0.15) is 0 Å². The summed E-state index contributed by atoms with van der Waals surface area (Å²) in [5, 5.41) is 0. The van der Waals surface area contributed by atoms with Crippen molar-refractivity contribution >= 4 is 33.6 Å². The summed E-state index contributed by atoms with van der Waals surface area (Å²) in [5.41, 5.74) is 1.82. The van der Waals surface area contributed by atoms with Gasteiger partial charge in [0.15, 0.2) is 0 Å². The summed E-state index contributed by atoms with van der Waals surface area (Å²) in [5.74, 6) is 1.02. The average Bonchev–Trinajstić information content (AvgIpc) is 2.31. The molecule has 1 rings (SSSR count). The Labute approximate surface area is 116 Å². The van der Waals surface area contributed by atoms with Crippen LogP contribution in [-0.4, -0.2) is 35.9 Å². The molecule has 94 valence electrons. The first-order valence-corrected chi connectivity index (χ1v) is 7.69. The lowest BCUT2D eigenvalue weighted by atomic mass is 10.1. The van der Waals surface area contributed by atoms with Gasteiger partial charge in [-0.05, 0) is 47.7 Å². The predicted molar refractivity (Wildman–Crippen MR) is 78.8 cm³/mol. The summed E-state index contributed by atoms with van der Waals surface area (Å²) in [4.78, 5) is 14.1. The largest absolute Gasteiger partial charge is 0.338 e. The molecule has 0 fully saturated rings. The molecule has 0 aromatic heterocycles. The topological polar surface area (TPSA) is 20.3 Å². The molecule has 4 heteroatoms. The second-order valence-electron chi connectivity index (χ2n) is 4.16. The van der Waals surface area contributed by atoms with Crippen LogP contribution in [0.25, 0.3) is 0 Å². The molecule has 1 unspecified atom stereocenters. The molecule has 0 aliphatic rings.